The molecular weight excluding hydrogens is 497 g/mol. The molecule has 1 N–H and O–H groups in total. The Labute approximate surface area is 218 Å². The number of urea groups is 1. The van der Waals surface area contributed by atoms with Gasteiger partial charge in [0.05, 0.1) is 21.8 Å². The van der Waals surface area contributed by atoms with Gasteiger partial charge in [-0.25, -0.2) is 19.2 Å². The smallest absolute Gasteiger partial charge is 0.318 e. The number of nitrogens with one attached hydrogen (secondary N) is 1. The molecule has 2 aromatic carbocycles. The highest BCUT2D eigenvalue weighted by Crippen LogP contribution is 2.38. The number of nitrogens with zero attached hydrogens (tertiary/aromatic N) is 4. The van der Waals surface area contributed by atoms with Crippen molar-refractivity contribution in [1.82, 2.24) is 20.2 Å². The highest BCUT2D eigenvalue weighted by Gasteiger charge is 2.38. The van der Waals surface area contributed by atoms with Crippen molar-refractivity contribution in [2.45, 2.75) is 32.4 Å². The Bertz CT molecular complexity index is 1390. The lowest BCUT2D eigenvalue weighted by molar-refractivity contribution is 0.121. The summed E-state index contributed by atoms with van der Waals surface area (Å²) in [5, 5.41) is 3.80. The van der Waals surface area contributed by atoms with Gasteiger partial charge in [0, 0.05) is 29.5 Å². The number of aromatic nitrogens is 2. The monoisotopic (exact) mass is 523 g/mol. The average molecular weight is 524 g/mol. The first-order chi connectivity index (χ1) is 17.2. The van der Waals surface area contributed by atoms with E-state index in [9.17, 15) is 9.18 Å². The van der Waals surface area contributed by atoms with Gasteiger partial charge in [0.25, 0.3) is 0 Å². The minimum absolute atomic E-state index is 0.0929. The summed E-state index contributed by atoms with van der Waals surface area (Å²) in [7, 11) is 0. The van der Waals surface area contributed by atoms with Crippen LogP contribution < -0.4 is 10.2 Å². The van der Waals surface area contributed by atoms with E-state index < -0.39 is 5.54 Å². The van der Waals surface area contributed by atoms with E-state index >= 15 is 0 Å². The minimum Gasteiger partial charge on any atom is -0.351 e. The fourth-order valence-corrected chi connectivity index (χ4v) is 5.89. The van der Waals surface area contributed by atoms with Gasteiger partial charge in [-0.15, -0.1) is 11.3 Å². The van der Waals surface area contributed by atoms with Gasteiger partial charge in [0.15, 0.2) is 0 Å². The molecule has 9 heteroatoms. The van der Waals surface area contributed by atoms with Crippen LogP contribution in [0, 0.1) is 5.82 Å². The molecule has 0 aliphatic carbocycles. The summed E-state index contributed by atoms with van der Waals surface area (Å²) in [4.78, 5) is 27.4. The van der Waals surface area contributed by atoms with Crippen molar-refractivity contribution in [1.29, 1.82) is 0 Å². The van der Waals surface area contributed by atoms with E-state index in [-0.39, 0.29) is 17.9 Å². The topological polar surface area (TPSA) is 61.4 Å². The molecule has 5 rings (SSSR count). The van der Waals surface area contributed by atoms with Crippen LogP contribution in [-0.4, -0.2) is 46.1 Å². The number of fused-ring (bicyclic) bond motifs is 1. The second-order valence-corrected chi connectivity index (χ2v) is 11.1. The predicted molar refractivity (Wildman–Crippen MR) is 144 cm³/mol. The number of anilines is 1. The zero-order chi connectivity index (χ0) is 25.4. The van der Waals surface area contributed by atoms with Crippen LogP contribution in [0.25, 0.3) is 20.7 Å². The number of hydrogen-bond acceptors (Lipinski definition) is 5. The van der Waals surface area contributed by atoms with Gasteiger partial charge in [-0.1, -0.05) is 35.9 Å². The Hall–Kier alpha value is -3.23. The highest BCUT2D eigenvalue weighted by molar-refractivity contribution is 7.22. The molecule has 2 amide bonds. The molecule has 1 aliphatic heterocycles. The Balaban J connectivity index is 1.33. The van der Waals surface area contributed by atoms with Gasteiger partial charge in [-0.2, -0.15) is 0 Å². The molecule has 1 fully saturated rings. The van der Waals surface area contributed by atoms with E-state index in [4.69, 9.17) is 11.6 Å². The molecule has 0 spiro atoms. The van der Waals surface area contributed by atoms with Crippen LogP contribution in [0.5, 0.6) is 0 Å². The largest absolute Gasteiger partial charge is 0.351 e. The van der Waals surface area contributed by atoms with Crippen molar-refractivity contribution in [2.24, 2.45) is 0 Å². The number of halogens is 2. The van der Waals surface area contributed by atoms with E-state index in [0.717, 1.165) is 32.0 Å². The first-order valence-electron chi connectivity index (χ1n) is 11.8. The van der Waals surface area contributed by atoms with Crippen molar-refractivity contribution in [2.75, 3.05) is 24.5 Å². The van der Waals surface area contributed by atoms with Crippen LogP contribution in [0.2, 0.25) is 5.02 Å². The SMILES string of the molecule is CC(NC(=O)N1CCN(c2ncnc3cc(-c4ccc(F)cc4)sc23)CC1(C)C)c1ccc(Cl)cc1. The van der Waals surface area contributed by atoms with E-state index in [1.807, 2.05) is 42.2 Å². The average Bonchev–Trinajstić information content (AvgIpc) is 3.28. The van der Waals surface area contributed by atoms with Crippen LogP contribution in [0.1, 0.15) is 32.4 Å². The van der Waals surface area contributed by atoms with Crippen molar-refractivity contribution in [3.8, 4) is 10.4 Å². The lowest BCUT2D eigenvalue weighted by atomic mass is 9.99. The molecule has 1 atom stereocenters. The number of benzene rings is 2. The van der Waals surface area contributed by atoms with Crippen LogP contribution in [0.3, 0.4) is 0 Å². The number of carbonyl (C=O) groups is 1. The molecule has 0 radical (unpaired) electrons. The third-order valence-electron chi connectivity index (χ3n) is 6.58. The molecule has 1 unspecified atom stereocenters. The molecule has 186 valence electrons. The molecule has 2 aromatic heterocycles. The molecule has 1 aliphatic rings. The number of carbonyl (C=O) groups excluding carboxylic acids is 1. The zero-order valence-electron chi connectivity index (χ0n) is 20.3. The maximum Gasteiger partial charge on any atom is 0.318 e. The van der Waals surface area contributed by atoms with Gasteiger partial charge < -0.3 is 15.1 Å². The number of amides is 2. The molecule has 0 bridgehead atoms. The van der Waals surface area contributed by atoms with Crippen molar-refractivity contribution >= 4 is 45.0 Å². The second-order valence-electron chi connectivity index (χ2n) is 9.64. The second kappa shape index (κ2) is 9.67. The summed E-state index contributed by atoms with van der Waals surface area (Å²) in [6.45, 7) is 7.96. The summed E-state index contributed by atoms with van der Waals surface area (Å²) >= 11 is 7.60. The van der Waals surface area contributed by atoms with E-state index in [2.05, 4.69) is 34.0 Å². The summed E-state index contributed by atoms with van der Waals surface area (Å²) in [5.41, 5.74) is 2.39. The maximum atomic E-state index is 13.4. The molecule has 3 heterocycles. The van der Waals surface area contributed by atoms with Crippen LogP contribution >= 0.6 is 22.9 Å². The molecular formula is C27H27ClFN5OS. The number of hydrogen-bond donors (Lipinski definition) is 1. The van der Waals surface area contributed by atoms with Gasteiger partial charge >= 0.3 is 6.03 Å². The Morgan fingerprint density at radius 2 is 1.83 bits per heavy atom. The van der Waals surface area contributed by atoms with E-state index in [0.29, 0.717) is 24.7 Å². The lowest BCUT2D eigenvalue weighted by Gasteiger charge is -2.47. The van der Waals surface area contributed by atoms with Gasteiger partial charge in [-0.3, -0.25) is 0 Å². The molecule has 0 saturated carbocycles. The first kappa shape index (κ1) is 24.5. The summed E-state index contributed by atoms with van der Waals surface area (Å²) < 4.78 is 14.4. The van der Waals surface area contributed by atoms with E-state index in [1.54, 1.807) is 29.8 Å². The maximum absolute atomic E-state index is 13.4. The molecule has 4 aromatic rings. The third kappa shape index (κ3) is 4.88. The lowest BCUT2D eigenvalue weighted by Crippen LogP contribution is -2.63. The Kier molecular flexibility index (Phi) is 6.57. The molecule has 1 saturated heterocycles. The summed E-state index contributed by atoms with van der Waals surface area (Å²) in [6, 6.07) is 15.8. The highest BCUT2D eigenvalue weighted by atomic mass is 35.5. The number of thiophene rings is 1. The normalized spacial score (nSPS) is 16.2. The third-order valence-corrected chi connectivity index (χ3v) is 8.00. The van der Waals surface area contributed by atoms with Crippen molar-refractivity contribution < 1.29 is 9.18 Å². The van der Waals surface area contributed by atoms with Gasteiger partial charge in [0.1, 0.15) is 18.0 Å². The summed E-state index contributed by atoms with van der Waals surface area (Å²) in [6.07, 6.45) is 1.58. The van der Waals surface area contributed by atoms with E-state index in [1.165, 1.54) is 12.1 Å². The number of piperazine rings is 1. The van der Waals surface area contributed by atoms with Crippen molar-refractivity contribution in [3.05, 3.63) is 77.3 Å². The predicted octanol–water partition coefficient (Wildman–Crippen LogP) is 6.52. The van der Waals surface area contributed by atoms with Crippen LogP contribution in [0.15, 0.2) is 60.9 Å². The van der Waals surface area contributed by atoms with Gasteiger partial charge in [-0.05, 0) is 62.2 Å². The fraction of sp³-hybridized carbons (Fsp3) is 0.296. The van der Waals surface area contributed by atoms with Gasteiger partial charge in [0.2, 0.25) is 0 Å². The van der Waals surface area contributed by atoms with Crippen LogP contribution in [-0.2, 0) is 0 Å². The Morgan fingerprint density at radius 3 is 2.53 bits per heavy atom. The first-order valence-corrected chi connectivity index (χ1v) is 13.0. The standard InChI is InChI=1S/C27H27ClFN5OS/c1-17(18-4-8-20(28)9-5-18)32-26(35)34-13-12-33(15-27(34,2)3)25-24-22(30-16-31-25)14-23(36-24)19-6-10-21(29)11-7-19/h4-11,14,16-17H,12-13,15H2,1-3H3,(H,32,35). The molecule has 36 heavy (non-hydrogen) atoms. The quantitative estimate of drug-likeness (QED) is 0.330. The number of rotatable bonds is 4. The Morgan fingerprint density at radius 1 is 1.11 bits per heavy atom. The fourth-order valence-electron chi connectivity index (χ4n) is 4.63. The van der Waals surface area contributed by atoms with Crippen LogP contribution in [0.4, 0.5) is 15.0 Å². The molecule has 6 nitrogen and oxygen atoms in total. The minimum atomic E-state index is -0.420. The summed E-state index contributed by atoms with van der Waals surface area (Å²) in [5.74, 6) is 0.605. The van der Waals surface area contributed by atoms with Crippen molar-refractivity contribution in [3.63, 3.8) is 0 Å². The zero-order valence-corrected chi connectivity index (χ0v) is 21.9.